The van der Waals surface area contributed by atoms with Crippen LogP contribution in [-0.2, 0) is 9.59 Å². The number of allylic oxidation sites excluding steroid dienone is 1. The predicted molar refractivity (Wildman–Crippen MR) is 109 cm³/mol. The molecule has 4 amide bonds. The van der Waals surface area contributed by atoms with Gasteiger partial charge in [-0.1, -0.05) is 11.6 Å². The Labute approximate surface area is 165 Å². The molecular weight excluding hydrogens is 356 g/mol. The molecule has 0 aliphatic heterocycles. The van der Waals surface area contributed by atoms with Crippen LogP contribution in [-0.4, -0.2) is 30.9 Å². The van der Waals surface area contributed by atoms with E-state index < -0.39 is 11.9 Å². The van der Waals surface area contributed by atoms with Gasteiger partial charge in [-0.15, -0.1) is 0 Å². The van der Waals surface area contributed by atoms with E-state index in [0.29, 0.717) is 6.54 Å². The number of carbonyl (C=O) groups is 3. The highest BCUT2D eigenvalue weighted by Crippen LogP contribution is 2.30. The molecule has 0 heterocycles. The van der Waals surface area contributed by atoms with E-state index in [1.54, 1.807) is 24.3 Å². The van der Waals surface area contributed by atoms with E-state index in [4.69, 9.17) is 0 Å². The Morgan fingerprint density at radius 1 is 1.00 bits per heavy atom. The minimum atomic E-state index is -0.471. The summed E-state index contributed by atoms with van der Waals surface area (Å²) in [7, 11) is 0. The largest absolute Gasteiger partial charge is 0.376 e. The molecule has 0 atom stereocenters. The Hall–Kier alpha value is -2.83. The number of imide groups is 1. The summed E-state index contributed by atoms with van der Waals surface area (Å²) < 4.78 is 0. The second-order valence-electron chi connectivity index (χ2n) is 7.36. The lowest BCUT2D eigenvalue weighted by molar-refractivity contribution is -0.118. The fraction of sp³-hybridized carbons (Fsp3) is 0.476. The van der Waals surface area contributed by atoms with Crippen molar-refractivity contribution in [3.8, 4) is 0 Å². The molecule has 150 valence electrons. The summed E-state index contributed by atoms with van der Waals surface area (Å²) in [5.41, 5.74) is 2.86. The topological polar surface area (TPSA) is 99.3 Å². The van der Waals surface area contributed by atoms with Gasteiger partial charge in [0, 0.05) is 23.8 Å². The molecule has 2 aliphatic rings. The minimum Gasteiger partial charge on any atom is -0.376 e. The van der Waals surface area contributed by atoms with Crippen LogP contribution in [0.15, 0.2) is 35.9 Å². The van der Waals surface area contributed by atoms with Gasteiger partial charge in [0.2, 0.25) is 11.8 Å². The van der Waals surface area contributed by atoms with Crippen LogP contribution in [0.25, 0.3) is 0 Å². The molecular formula is C21H28N4O3. The van der Waals surface area contributed by atoms with Crippen molar-refractivity contribution in [3.63, 3.8) is 0 Å². The van der Waals surface area contributed by atoms with E-state index in [1.165, 1.54) is 18.4 Å². The maximum Gasteiger partial charge on any atom is 0.321 e. The number of hydrogen-bond acceptors (Lipinski definition) is 4. The molecule has 1 fully saturated rings. The lowest BCUT2D eigenvalue weighted by atomic mass is 9.97. The summed E-state index contributed by atoms with van der Waals surface area (Å²) in [6.07, 6.45) is 9.71. The van der Waals surface area contributed by atoms with Crippen LogP contribution in [0, 0.1) is 5.92 Å². The number of nitrogens with one attached hydrogen (secondary N) is 4. The number of anilines is 2. The molecule has 0 saturated heterocycles. The van der Waals surface area contributed by atoms with E-state index in [1.807, 2.05) is 0 Å². The van der Waals surface area contributed by atoms with Crippen molar-refractivity contribution in [2.24, 2.45) is 5.92 Å². The molecule has 2 aliphatic carbocycles. The van der Waals surface area contributed by atoms with Crippen LogP contribution in [0.5, 0.6) is 0 Å². The first kappa shape index (κ1) is 19.9. The molecule has 1 saturated carbocycles. The monoisotopic (exact) mass is 384 g/mol. The molecule has 7 heteroatoms. The minimum absolute atomic E-state index is 0.00759. The maximum absolute atomic E-state index is 11.9. The predicted octanol–water partition coefficient (Wildman–Crippen LogP) is 3.16. The van der Waals surface area contributed by atoms with Crippen molar-refractivity contribution >= 4 is 29.2 Å². The highest BCUT2D eigenvalue weighted by atomic mass is 16.2. The van der Waals surface area contributed by atoms with E-state index in [9.17, 15) is 14.4 Å². The molecule has 0 unspecified atom stereocenters. The van der Waals surface area contributed by atoms with Gasteiger partial charge < -0.3 is 16.0 Å². The van der Waals surface area contributed by atoms with Crippen molar-refractivity contribution < 1.29 is 14.4 Å². The molecule has 1 aromatic rings. The van der Waals surface area contributed by atoms with Crippen molar-refractivity contribution in [2.75, 3.05) is 23.7 Å². The number of amides is 4. The highest BCUT2D eigenvalue weighted by Gasteiger charge is 2.29. The molecule has 4 N–H and O–H groups in total. The van der Waals surface area contributed by atoms with Gasteiger partial charge in [-0.05, 0) is 69.2 Å². The fourth-order valence-electron chi connectivity index (χ4n) is 3.13. The van der Waals surface area contributed by atoms with Gasteiger partial charge in [0.1, 0.15) is 0 Å². The molecule has 7 nitrogen and oxygen atoms in total. The van der Waals surface area contributed by atoms with Gasteiger partial charge in [-0.3, -0.25) is 14.9 Å². The summed E-state index contributed by atoms with van der Waals surface area (Å²) in [6.45, 7) is 0.527. The van der Waals surface area contributed by atoms with Gasteiger partial charge >= 0.3 is 6.03 Å². The Balaban J connectivity index is 1.31. The summed E-state index contributed by atoms with van der Waals surface area (Å²) >= 11 is 0. The molecule has 3 rings (SSSR count). The third-order valence-electron chi connectivity index (χ3n) is 4.92. The second kappa shape index (κ2) is 9.92. The zero-order valence-electron chi connectivity index (χ0n) is 16.1. The number of benzene rings is 1. The maximum atomic E-state index is 11.9. The second-order valence-corrected chi connectivity index (χ2v) is 7.36. The summed E-state index contributed by atoms with van der Waals surface area (Å²) in [6, 6.07) is 6.67. The Morgan fingerprint density at radius 2 is 1.75 bits per heavy atom. The van der Waals surface area contributed by atoms with Crippen LogP contribution in [0.3, 0.4) is 0 Å². The zero-order valence-corrected chi connectivity index (χ0v) is 16.1. The van der Waals surface area contributed by atoms with Gasteiger partial charge in [-0.2, -0.15) is 0 Å². The van der Waals surface area contributed by atoms with Gasteiger partial charge in [0.15, 0.2) is 0 Å². The van der Waals surface area contributed by atoms with Crippen LogP contribution in [0.1, 0.15) is 44.9 Å². The van der Waals surface area contributed by atoms with Gasteiger partial charge in [-0.25, -0.2) is 4.79 Å². The van der Waals surface area contributed by atoms with E-state index in [0.717, 1.165) is 43.5 Å². The third kappa shape index (κ3) is 6.72. The van der Waals surface area contributed by atoms with Crippen molar-refractivity contribution in [1.29, 1.82) is 0 Å². The SMILES string of the molecule is O=C(CNc1ccc(NC(=O)C2CC2)cc1)NC(=O)NCCC1=CCCCC1. The van der Waals surface area contributed by atoms with Crippen LogP contribution >= 0.6 is 0 Å². The normalized spacial score (nSPS) is 15.9. The number of hydrogen-bond donors (Lipinski definition) is 4. The average molecular weight is 384 g/mol. The molecule has 28 heavy (non-hydrogen) atoms. The van der Waals surface area contributed by atoms with Crippen LogP contribution in [0.4, 0.5) is 16.2 Å². The Bertz CT molecular complexity index is 739. The van der Waals surface area contributed by atoms with Crippen LogP contribution < -0.4 is 21.3 Å². The lowest BCUT2D eigenvalue weighted by Crippen LogP contribution is -2.42. The van der Waals surface area contributed by atoms with Gasteiger partial charge in [0.05, 0.1) is 6.54 Å². The lowest BCUT2D eigenvalue weighted by Gasteiger charge is -2.13. The molecule has 1 aromatic carbocycles. The molecule has 0 bridgehead atoms. The van der Waals surface area contributed by atoms with E-state index in [2.05, 4.69) is 27.3 Å². The third-order valence-corrected chi connectivity index (χ3v) is 4.92. The Morgan fingerprint density at radius 3 is 2.43 bits per heavy atom. The van der Waals surface area contributed by atoms with Crippen molar-refractivity contribution in [2.45, 2.75) is 44.9 Å². The average Bonchev–Trinajstić information content (AvgIpc) is 3.54. The first-order valence-electron chi connectivity index (χ1n) is 10.0. The first-order valence-corrected chi connectivity index (χ1v) is 10.0. The number of urea groups is 1. The van der Waals surface area contributed by atoms with E-state index >= 15 is 0 Å². The van der Waals surface area contributed by atoms with Crippen molar-refractivity contribution in [3.05, 3.63) is 35.9 Å². The van der Waals surface area contributed by atoms with Gasteiger partial charge in [0.25, 0.3) is 0 Å². The zero-order chi connectivity index (χ0) is 19.8. The standard InChI is InChI=1S/C21H28N4O3/c26-19(25-21(28)22-13-12-15-4-2-1-3-5-15)14-23-17-8-10-18(11-9-17)24-20(27)16-6-7-16/h4,8-11,16,23H,1-3,5-7,12-14H2,(H,24,27)(H2,22,25,26,28). The van der Waals surface area contributed by atoms with Crippen LogP contribution in [0.2, 0.25) is 0 Å². The summed E-state index contributed by atoms with van der Waals surface area (Å²) in [5.74, 6) is -0.182. The molecule has 0 spiro atoms. The smallest absolute Gasteiger partial charge is 0.321 e. The number of carbonyl (C=O) groups excluding carboxylic acids is 3. The summed E-state index contributed by atoms with van der Waals surface area (Å²) in [4.78, 5) is 35.4. The molecule has 0 aromatic heterocycles. The Kier molecular flexibility index (Phi) is 7.06. The number of rotatable bonds is 8. The molecule has 0 radical (unpaired) electrons. The summed E-state index contributed by atoms with van der Waals surface area (Å²) in [5, 5.41) is 10.9. The quantitative estimate of drug-likeness (QED) is 0.517. The highest BCUT2D eigenvalue weighted by molar-refractivity contribution is 5.96. The van der Waals surface area contributed by atoms with E-state index in [-0.39, 0.29) is 18.4 Å². The first-order chi connectivity index (χ1) is 13.6. The van der Waals surface area contributed by atoms with Crippen molar-refractivity contribution in [1.82, 2.24) is 10.6 Å². The fourth-order valence-corrected chi connectivity index (χ4v) is 3.13.